The smallest absolute Gasteiger partial charge is 0.237 e. The van der Waals surface area contributed by atoms with Crippen molar-refractivity contribution in [3.63, 3.8) is 0 Å². The highest BCUT2D eigenvalue weighted by Gasteiger charge is 2.30. The first-order chi connectivity index (χ1) is 11.5. The number of nitrogens with zero attached hydrogens (tertiary/aromatic N) is 3. The van der Waals surface area contributed by atoms with E-state index in [2.05, 4.69) is 24.0 Å². The molecule has 5 heteroatoms. The van der Waals surface area contributed by atoms with Crippen LogP contribution in [0.4, 0.5) is 5.69 Å². The Hall–Kier alpha value is -2.32. The predicted octanol–water partition coefficient (Wildman–Crippen LogP) is 3.64. The van der Waals surface area contributed by atoms with Crippen molar-refractivity contribution in [1.82, 2.24) is 4.98 Å². The molecule has 24 heavy (non-hydrogen) atoms. The highest BCUT2D eigenvalue weighted by Crippen LogP contribution is 2.33. The van der Waals surface area contributed by atoms with Gasteiger partial charge in [-0.05, 0) is 50.5 Å². The predicted molar refractivity (Wildman–Crippen MR) is 96.2 cm³/mol. The summed E-state index contributed by atoms with van der Waals surface area (Å²) in [4.78, 5) is 19.1. The van der Waals surface area contributed by atoms with Crippen LogP contribution in [0.3, 0.4) is 0 Å². The fourth-order valence-electron chi connectivity index (χ4n) is 3.19. The van der Waals surface area contributed by atoms with Gasteiger partial charge < -0.3 is 4.90 Å². The van der Waals surface area contributed by atoms with Gasteiger partial charge in [0.05, 0.1) is 11.3 Å². The molecule has 1 aliphatic rings. The summed E-state index contributed by atoms with van der Waals surface area (Å²) in [5.74, 6) is 0.339. The molecule has 0 radical (unpaired) electrons. The number of thioether (sulfide) groups is 1. The Morgan fingerprint density at radius 2 is 2.17 bits per heavy atom. The summed E-state index contributed by atoms with van der Waals surface area (Å²) in [6.07, 6.45) is 0.887. The van der Waals surface area contributed by atoms with Crippen LogP contribution in [0.15, 0.2) is 35.4 Å². The Balaban J connectivity index is 1.79. The maximum absolute atomic E-state index is 12.8. The van der Waals surface area contributed by atoms with Crippen LogP contribution >= 0.6 is 11.8 Å². The standard InChI is InChI=1S/C19H19N3OS/c1-12-8-13(2)21-19(16(12)10-20)24-11-18(23)22-14(3)9-15-6-4-5-7-17(15)22/h4-8,14H,9,11H2,1-3H3/t14-/m0/s1. The molecular formula is C19H19N3OS. The molecule has 0 spiro atoms. The van der Waals surface area contributed by atoms with Gasteiger partial charge in [-0.1, -0.05) is 30.0 Å². The summed E-state index contributed by atoms with van der Waals surface area (Å²) in [7, 11) is 0. The van der Waals surface area contributed by atoms with Gasteiger partial charge in [-0.2, -0.15) is 5.26 Å². The van der Waals surface area contributed by atoms with Gasteiger partial charge in [0.2, 0.25) is 5.91 Å². The molecule has 0 saturated heterocycles. The summed E-state index contributed by atoms with van der Waals surface area (Å²) in [6.45, 7) is 5.87. The quantitative estimate of drug-likeness (QED) is 0.802. The lowest BCUT2D eigenvalue weighted by atomic mass is 10.1. The Morgan fingerprint density at radius 1 is 1.42 bits per heavy atom. The van der Waals surface area contributed by atoms with Crippen molar-refractivity contribution in [2.24, 2.45) is 0 Å². The maximum atomic E-state index is 12.8. The van der Waals surface area contributed by atoms with Gasteiger partial charge in [0.15, 0.2) is 0 Å². The molecule has 0 aliphatic carbocycles. The minimum atomic E-state index is 0.0577. The topological polar surface area (TPSA) is 57.0 Å². The second-order valence-corrected chi connectivity index (χ2v) is 7.07. The molecule has 0 bridgehead atoms. The first kappa shape index (κ1) is 16.5. The van der Waals surface area contributed by atoms with Gasteiger partial charge in [-0.3, -0.25) is 4.79 Å². The molecule has 0 unspecified atom stereocenters. The summed E-state index contributed by atoms with van der Waals surface area (Å²) >= 11 is 1.35. The summed E-state index contributed by atoms with van der Waals surface area (Å²) in [5, 5.41) is 9.98. The number of nitriles is 1. The van der Waals surface area contributed by atoms with Gasteiger partial charge in [-0.25, -0.2) is 4.98 Å². The summed E-state index contributed by atoms with van der Waals surface area (Å²) in [6, 6.07) is 12.3. The number of amides is 1. The molecule has 1 aromatic carbocycles. The van der Waals surface area contributed by atoms with Crippen LogP contribution in [0.5, 0.6) is 0 Å². The lowest BCUT2D eigenvalue weighted by Gasteiger charge is -2.22. The van der Waals surface area contributed by atoms with Gasteiger partial charge >= 0.3 is 0 Å². The van der Waals surface area contributed by atoms with E-state index in [-0.39, 0.29) is 17.7 Å². The van der Waals surface area contributed by atoms with Gasteiger partial charge in [-0.15, -0.1) is 0 Å². The number of aryl methyl sites for hydroxylation is 2. The monoisotopic (exact) mass is 337 g/mol. The number of carbonyl (C=O) groups is 1. The molecule has 2 heterocycles. The van der Waals surface area contributed by atoms with Crippen molar-refractivity contribution in [2.45, 2.75) is 38.3 Å². The Labute approximate surface area is 146 Å². The second kappa shape index (κ2) is 6.66. The zero-order valence-corrected chi connectivity index (χ0v) is 14.9. The maximum Gasteiger partial charge on any atom is 0.237 e. The SMILES string of the molecule is Cc1cc(C)c(C#N)c(SCC(=O)N2c3ccccc3C[C@@H]2C)n1. The van der Waals surface area contributed by atoms with E-state index < -0.39 is 0 Å². The number of aromatic nitrogens is 1. The number of anilines is 1. The van der Waals surface area contributed by atoms with Crippen LogP contribution in [0.1, 0.15) is 29.3 Å². The van der Waals surface area contributed by atoms with Crippen molar-refractivity contribution in [2.75, 3.05) is 10.7 Å². The van der Waals surface area contributed by atoms with Crippen molar-refractivity contribution in [3.8, 4) is 6.07 Å². The lowest BCUT2D eigenvalue weighted by Crippen LogP contribution is -2.37. The molecule has 0 fully saturated rings. The van der Waals surface area contributed by atoms with Crippen molar-refractivity contribution >= 4 is 23.4 Å². The number of hydrogen-bond donors (Lipinski definition) is 0. The van der Waals surface area contributed by atoms with E-state index >= 15 is 0 Å². The number of rotatable bonds is 3. The highest BCUT2D eigenvalue weighted by atomic mass is 32.2. The molecule has 122 valence electrons. The largest absolute Gasteiger partial charge is 0.308 e. The number of carbonyl (C=O) groups excluding carboxylic acids is 1. The molecule has 1 amide bonds. The molecule has 1 aromatic heterocycles. The van der Waals surface area contributed by atoms with Crippen LogP contribution in [-0.4, -0.2) is 22.7 Å². The molecule has 0 saturated carbocycles. The van der Waals surface area contributed by atoms with Crippen molar-refractivity contribution < 1.29 is 4.79 Å². The summed E-state index contributed by atoms with van der Waals surface area (Å²) in [5.41, 5.74) is 4.55. The molecular weight excluding hydrogens is 318 g/mol. The van der Waals surface area contributed by atoms with E-state index in [1.807, 2.05) is 43.0 Å². The molecule has 0 N–H and O–H groups in total. The Morgan fingerprint density at radius 3 is 2.92 bits per heavy atom. The van der Waals surface area contributed by atoms with Crippen LogP contribution in [0, 0.1) is 25.2 Å². The zero-order valence-electron chi connectivity index (χ0n) is 14.0. The van der Waals surface area contributed by atoms with E-state index in [1.165, 1.54) is 17.3 Å². The van der Waals surface area contributed by atoms with E-state index in [9.17, 15) is 10.1 Å². The van der Waals surface area contributed by atoms with Crippen molar-refractivity contribution in [3.05, 3.63) is 52.7 Å². The third-order valence-electron chi connectivity index (χ3n) is 4.23. The molecule has 4 nitrogen and oxygen atoms in total. The number of benzene rings is 1. The Bertz CT molecular complexity index is 841. The number of para-hydroxylation sites is 1. The van der Waals surface area contributed by atoms with E-state index in [0.717, 1.165) is 23.4 Å². The van der Waals surface area contributed by atoms with E-state index in [1.54, 1.807) is 0 Å². The van der Waals surface area contributed by atoms with Crippen LogP contribution in [0.2, 0.25) is 0 Å². The minimum Gasteiger partial charge on any atom is -0.308 e. The van der Waals surface area contributed by atoms with E-state index in [0.29, 0.717) is 10.6 Å². The number of fused-ring (bicyclic) bond motifs is 1. The molecule has 3 rings (SSSR count). The normalized spacial score (nSPS) is 15.9. The third-order valence-corrected chi connectivity index (χ3v) is 5.19. The van der Waals surface area contributed by atoms with Gasteiger partial charge in [0.25, 0.3) is 0 Å². The van der Waals surface area contributed by atoms with Gasteiger partial charge in [0.1, 0.15) is 11.1 Å². The highest BCUT2D eigenvalue weighted by molar-refractivity contribution is 8.00. The zero-order chi connectivity index (χ0) is 17.3. The van der Waals surface area contributed by atoms with Crippen LogP contribution in [-0.2, 0) is 11.2 Å². The second-order valence-electron chi connectivity index (χ2n) is 6.11. The number of hydrogen-bond acceptors (Lipinski definition) is 4. The van der Waals surface area contributed by atoms with Crippen molar-refractivity contribution in [1.29, 1.82) is 5.26 Å². The fraction of sp³-hybridized carbons (Fsp3) is 0.316. The lowest BCUT2D eigenvalue weighted by molar-refractivity contribution is -0.116. The first-order valence-electron chi connectivity index (χ1n) is 7.92. The van der Waals surface area contributed by atoms with Gasteiger partial charge in [0, 0.05) is 17.4 Å². The van der Waals surface area contributed by atoms with Crippen LogP contribution < -0.4 is 4.90 Å². The average molecular weight is 337 g/mol. The fourth-order valence-corrected chi connectivity index (χ4v) is 4.15. The average Bonchev–Trinajstić information content (AvgIpc) is 2.88. The Kier molecular flexibility index (Phi) is 4.59. The van der Waals surface area contributed by atoms with Crippen LogP contribution in [0.25, 0.3) is 0 Å². The molecule has 1 aliphatic heterocycles. The third kappa shape index (κ3) is 3.02. The number of pyridine rings is 1. The first-order valence-corrected chi connectivity index (χ1v) is 8.91. The van der Waals surface area contributed by atoms with E-state index in [4.69, 9.17) is 0 Å². The summed E-state index contributed by atoms with van der Waals surface area (Å²) < 4.78 is 0. The minimum absolute atomic E-state index is 0.0577. The molecule has 1 atom stereocenters. The molecule has 2 aromatic rings.